The van der Waals surface area contributed by atoms with Crippen molar-refractivity contribution >= 4 is 11.8 Å². The number of methoxy groups -OCH3 is 2. The van der Waals surface area contributed by atoms with Crippen LogP contribution in [0.2, 0.25) is 0 Å². The summed E-state index contributed by atoms with van der Waals surface area (Å²) in [4.78, 5) is 28.0. The van der Waals surface area contributed by atoms with Crippen molar-refractivity contribution in [2.75, 3.05) is 20.8 Å². The second-order valence-electron chi connectivity index (χ2n) is 19.8. The molecule has 5 saturated carbocycles. The number of hydrogen-bond acceptors (Lipinski definition) is 5. The lowest BCUT2D eigenvalue weighted by atomic mass is 9.32. The fourth-order valence-corrected chi connectivity index (χ4v) is 14.1. The Morgan fingerprint density at radius 2 is 1.53 bits per heavy atom. The Labute approximate surface area is 330 Å². The zero-order valence-electron chi connectivity index (χ0n) is 35.0. The Hall–Kier alpha value is -3.32. The van der Waals surface area contributed by atoms with Crippen LogP contribution >= 0.6 is 0 Å². The molecular weight excluding hydrogens is 685 g/mol. The molecule has 5 aliphatic carbocycles. The van der Waals surface area contributed by atoms with E-state index in [1.165, 1.54) is 31.3 Å². The predicted molar refractivity (Wildman–Crippen MR) is 219 cm³/mol. The fourth-order valence-electron chi connectivity index (χ4n) is 14.1. The maximum absolute atomic E-state index is 14.8. The van der Waals surface area contributed by atoms with Crippen LogP contribution in [-0.4, -0.2) is 43.8 Å². The van der Waals surface area contributed by atoms with Crippen LogP contribution in [0.4, 0.5) is 0 Å². The van der Waals surface area contributed by atoms with Gasteiger partial charge in [-0.05, 0) is 164 Å². The molecule has 0 bridgehead atoms. The number of aliphatic hydroxyl groups is 1. The van der Waals surface area contributed by atoms with Gasteiger partial charge in [0.1, 0.15) is 11.5 Å². The van der Waals surface area contributed by atoms with Crippen molar-refractivity contribution < 1.29 is 24.2 Å². The summed E-state index contributed by atoms with van der Waals surface area (Å²) < 4.78 is 10.8. The highest BCUT2D eigenvalue weighted by atomic mass is 16.5. The predicted octanol–water partition coefficient (Wildman–Crippen LogP) is 9.31. The third-order valence-electron chi connectivity index (χ3n) is 17.3. The molecule has 0 aromatic heterocycles. The first-order valence-electron chi connectivity index (χ1n) is 21.2. The largest absolute Gasteiger partial charge is 0.497 e. The van der Waals surface area contributed by atoms with Gasteiger partial charge in [-0.15, -0.1) is 0 Å². The van der Waals surface area contributed by atoms with Crippen molar-refractivity contribution in [1.82, 2.24) is 10.6 Å². The van der Waals surface area contributed by atoms with Crippen molar-refractivity contribution in [1.29, 1.82) is 0 Å². The molecule has 4 unspecified atom stereocenters. The minimum Gasteiger partial charge on any atom is -0.497 e. The average Bonchev–Trinajstić information content (AvgIpc) is 3.57. The van der Waals surface area contributed by atoms with Gasteiger partial charge < -0.3 is 25.2 Å². The lowest BCUT2D eigenvalue weighted by Gasteiger charge is -2.72. The van der Waals surface area contributed by atoms with E-state index in [0.29, 0.717) is 54.7 Å². The highest BCUT2D eigenvalue weighted by Crippen LogP contribution is 2.77. The molecule has 2 amide bonds. The molecule has 0 radical (unpaired) electrons. The molecule has 7 heteroatoms. The third kappa shape index (κ3) is 6.43. The minimum atomic E-state index is -0.396. The van der Waals surface area contributed by atoms with Crippen molar-refractivity contribution in [3.63, 3.8) is 0 Å². The van der Waals surface area contributed by atoms with E-state index in [4.69, 9.17) is 9.47 Å². The van der Waals surface area contributed by atoms with Crippen LogP contribution in [0, 0.1) is 56.7 Å². The average molecular weight is 753 g/mol. The van der Waals surface area contributed by atoms with Crippen LogP contribution in [0.3, 0.4) is 0 Å². The molecular formula is C48H68N2O5. The standard InChI is InChI=1S/C48H68N2O5/c1-30(2)36-15-21-48(43(53)50-29-32-11-10-12-33(25-32)42(52)49-24-18-31-26-34(54-8)28-35(27-31)55-9)23-22-46(6)37(41(36)48)13-14-39-45(5)19-17-40(51)44(3,4)38(45)16-20-47(39,46)7/h10-12,25-28,36-41,51H,1,13-24,29H2,2-9H3,(H,49,52)(H,50,53)/t36-,37?,38?,39?,40-,41?,45-,46+,47+,48-/m0/s1. The first kappa shape index (κ1) is 39.9. The summed E-state index contributed by atoms with van der Waals surface area (Å²) >= 11 is 0. The van der Waals surface area contributed by atoms with E-state index in [-0.39, 0.29) is 39.6 Å². The molecule has 10 atom stereocenters. The van der Waals surface area contributed by atoms with E-state index in [9.17, 15) is 14.7 Å². The molecule has 55 heavy (non-hydrogen) atoms. The number of amides is 2. The van der Waals surface area contributed by atoms with Gasteiger partial charge in [0.2, 0.25) is 5.91 Å². The highest BCUT2D eigenvalue weighted by Gasteiger charge is 2.71. The SMILES string of the molecule is C=C(C)[C@@H]1CC[C@]2(C(=O)NCc3cccc(C(=O)NCCc4cc(OC)cc(OC)c4)c3)CC[C@]3(C)C(CCC4[C@@]5(C)CC[C@H](O)C(C)(C)C5CC[C@]43C)C12. The molecule has 2 aromatic rings. The molecule has 300 valence electrons. The summed E-state index contributed by atoms with van der Waals surface area (Å²) in [6.45, 7) is 20.1. The number of allylic oxidation sites excluding steroid dienone is 1. The maximum atomic E-state index is 14.8. The van der Waals surface area contributed by atoms with Crippen molar-refractivity contribution in [3.8, 4) is 11.5 Å². The maximum Gasteiger partial charge on any atom is 0.251 e. The lowest BCUT2D eigenvalue weighted by molar-refractivity contribution is -0.246. The molecule has 5 fully saturated rings. The van der Waals surface area contributed by atoms with Gasteiger partial charge in [-0.3, -0.25) is 9.59 Å². The number of carbonyl (C=O) groups is 2. The van der Waals surface area contributed by atoms with Crippen molar-refractivity contribution in [2.45, 2.75) is 125 Å². The number of nitrogens with one attached hydrogen (secondary N) is 2. The van der Waals surface area contributed by atoms with Crippen LogP contribution < -0.4 is 20.1 Å². The van der Waals surface area contributed by atoms with E-state index in [2.05, 4.69) is 58.8 Å². The van der Waals surface area contributed by atoms with Crippen LogP contribution in [-0.2, 0) is 17.8 Å². The molecule has 0 aliphatic heterocycles. The molecule has 2 aromatic carbocycles. The molecule has 7 nitrogen and oxygen atoms in total. The number of rotatable bonds is 10. The summed E-state index contributed by atoms with van der Waals surface area (Å²) in [6, 6.07) is 13.4. The number of benzene rings is 2. The van der Waals surface area contributed by atoms with Gasteiger partial charge in [0, 0.05) is 24.7 Å². The number of fused-ring (bicyclic) bond motifs is 7. The third-order valence-corrected chi connectivity index (χ3v) is 17.3. The van der Waals surface area contributed by atoms with Gasteiger partial charge in [-0.25, -0.2) is 0 Å². The second kappa shape index (κ2) is 14.6. The van der Waals surface area contributed by atoms with Crippen LogP contribution in [0.25, 0.3) is 0 Å². The van der Waals surface area contributed by atoms with E-state index in [1.54, 1.807) is 14.2 Å². The zero-order valence-corrected chi connectivity index (χ0v) is 35.0. The highest BCUT2D eigenvalue weighted by molar-refractivity contribution is 5.94. The van der Waals surface area contributed by atoms with Crippen LogP contribution in [0.1, 0.15) is 127 Å². The molecule has 3 N–H and O–H groups in total. The summed E-state index contributed by atoms with van der Waals surface area (Å²) in [6.07, 6.45) is 11.2. The van der Waals surface area contributed by atoms with Gasteiger partial charge in [-0.1, -0.05) is 58.9 Å². The van der Waals surface area contributed by atoms with Crippen molar-refractivity contribution in [2.24, 2.45) is 56.7 Å². The molecule has 0 spiro atoms. The summed E-state index contributed by atoms with van der Waals surface area (Å²) in [7, 11) is 3.26. The quantitative estimate of drug-likeness (QED) is 0.210. The van der Waals surface area contributed by atoms with E-state index < -0.39 is 5.41 Å². The lowest BCUT2D eigenvalue weighted by Crippen LogP contribution is -2.67. The minimum absolute atomic E-state index is 0.0573. The molecule has 0 saturated heterocycles. The van der Waals surface area contributed by atoms with Crippen LogP contribution in [0.15, 0.2) is 54.6 Å². The number of aliphatic hydroxyl groups excluding tert-OH is 1. The van der Waals surface area contributed by atoms with Gasteiger partial charge in [0.05, 0.1) is 25.7 Å². The zero-order chi connectivity index (χ0) is 39.6. The molecule has 5 aliphatic rings. The fraction of sp³-hybridized carbons (Fsp3) is 0.667. The normalized spacial score (nSPS) is 37.3. The van der Waals surface area contributed by atoms with Gasteiger partial charge in [0.25, 0.3) is 5.91 Å². The number of ether oxygens (including phenoxy) is 2. The Balaban J connectivity index is 1.05. The van der Waals surface area contributed by atoms with E-state index in [0.717, 1.165) is 61.2 Å². The number of carbonyl (C=O) groups excluding carboxylic acids is 2. The molecule has 7 rings (SSSR count). The Bertz CT molecular complexity index is 1780. The topological polar surface area (TPSA) is 96.9 Å². The van der Waals surface area contributed by atoms with E-state index >= 15 is 0 Å². The van der Waals surface area contributed by atoms with Gasteiger partial charge in [0.15, 0.2) is 0 Å². The number of hydrogen-bond donors (Lipinski definition) is 3. The first-order valence-corrected chi connectivity index (χ1v) is 21.2. The molecule has 0 heterocycles. The van der Waals surface area contributed by atoms with Gasteiger partial charge in [-0.2, -0.15) is 0 Å². The Kier molecular flexibility index (Phi) is 10.6. The summed E-state index contributed by atoms with van der Waals surface area (Å²) in [5.74, 6) is 3.80. The van der Waals surface area contributed by atoms with Gasteiger partial charge >= 0.3 is 0 Å². The monoisotopic (exact) mass is 753 g/mol. The Morgan fingerprint density at radius 1 is 0.800 bits per heavy atom. The van der Waals surface area contributed by atoms with Crippen LogP contribution in [0.5, 0.6) is 11.5 Å². The van der Waals surface area contributed by atoms with Crippen molar-refractivity contribution in [3.05, 3.63) is 71.3 Å². The first-order chi connectivity index (χ1) is 26.0. The summed E-state index contributed by atoms with van der Waals surface area (Å²) in [5, 5.41) is 17.6. The Morgan fingerprint density at radius 3 is 2.22 bits per heavy atom. The second-order valence-corrected chi connectivity index (χ2v) is 19.8. The summed E-state index contributed by atoms with van der Waals surface area (Å²) in [5.41, 5.74) is 3.90. The smallest absolute Gasteiger partial charge is 0.251 e. The van der Waals surface area contributed by atoms with E-state index in [1.807, 2.05) is 42.5 Å².